The largest absolute Gasteiger partial charge is 0.383 e. The first-order chi connectivity index (χ1) is 9.17. The molecule has 0 aliphatic carbocycles. The quantitative estimate of drug-likeness (QED) is 0.501. The van der Waals surface area contributed by atoms with Crippen molar-refractivity contribution in [3.05, 3.63) is 29.6 Å². The number of hydrogen-bond donors (Lipinski definition) is 2. The molecule has 19 heavy (non-hydrogen) atoms. The van der Waals surface area contributed by atoms with Crippen LogP contribution in [0.15, 0.2) is 18.3 Å². The maximum Gasteiger partial charge on any atom is 0.141 e. The molecule has 3 N–H and O–H groups in total. The molecule has 0 saturated carbocycles. The van der Waals surface area contributed by atoms with Crippen LogP contribution in [-0.2, 0) is 16.0 Å². The van der Waals surface area contributed by atoms with Crippen molar-refractivity contribution in [3.63, 3.8) is 0 Å². The number of aromatic nitrogens is 1. The lowest BCUT2D eigenvalue weighted by Gasteiger charge is -2.21. The van der Waals surface area contributed by atoms with Crippen molar-refractivity contribution in [2.24, 2.45) is 5.73 Å². The highest BCUT2D eigenvalue weighted by Gasteiger charge is 2.07. The number of nitrogens with one attached hydrogen (secondary N) is 1. The lowest BCUT2D eigenvalue weighted by molar-refractivity contribution is 0.110. The predicted molar refractivity (Wildman–Crippen MR) is 74.3 cm³/mol. The average molecular weight is 266 g/mol. The molecule has 0 spiro atoms. The van der Waals surface area contributed by atoms with E-state index < -0.39 is 0 Å². The van der Waals surface area contributed by atoms with Crippen molar-refractivity contribution in [2.45, 2.75) is 6.54 Å². The molecule has 0 fully saturated rings. The first-order valence-corrected chi connectivity index (χ1v) is 6.17. The highest BCUT2D eigenvalue weighted by molar-refractivity contribution is 5.93. The summed E-state index contributed by atoms with van der Waals surface area (Å²) >= 11 is 0. The van der Waals surface area contributed by atoms with Gasteiger partial charge >= 0.3 is 0 Å². The van der Waals surface area contributed by atoms with Gasteiger partial charge in [0.1, 0.15) is 11.5 Å². The third-order valence-corrected chi connectivity index (χ3v) is 2.73. The molecule has 1 aromatic heterocycles. The van der Waals surface area contributed by atoms with E-state index in [0.717, 1.165) is 25.2 Å². The summed E-state index contributed by atoms with van der Waals surface area (Å²) in [7, 11) is 3.38. The normalized spacial score (nSPS) is 10.9. The Balaban J connectivity index is 2.65. The summed E-state index contributed by atoms with van der Waals surface area (Å²) in [5.74, 6) is -0.0119. The molecule has 0 amide bonds. The summed E-state index contributed by atoms with van der Waals surface area (Å²) in [5, 5.41) is 7.40. The van der Waals surface area contributed by atoms with Gasteiger partial charge in [0.25, 0.3) is 0 Å². The number of methoxy groups -OCH3 is 2. The van der Waals surface area contributed by atoms with Crippen molar-refractivity contribution < 1.29 is 9.47 Å². The van der Waals surface area contributed by atoms with Gasteiger partial charge in [-0.2, -0.15) is 0 Å². The van der Waals surface area contributed by atoms with Crippen LogP contribution in [0.4, 0.5) is 0 Å². The van der Waals surface area contributed by atoms with Gasteiger partial charge in [-0.25, -0.2) is 0 Å². The first-order valence-electron chi connectivity index (χ1n) is 6.17. The SMILES string of the molecule is COCCN(CCOC)Cc1ccnc(C(=N)N)c1. The fourth-order valence-corrected chi connectivity index (χ4v) is 1.69. The molecule has 0 saturated heterocycles. The zero-order chi connectivity index (χ0) is 14.1. The Kier molecular flexibility index (Phi) is 7.02. The van der Waals surface area contributed by atoms with Gasteiger partial charge in [-0.1, -0.05) is 0 Å². The van der Waals surface area contributed by atoms with Gasteiger partial charge in [-0.05, 0) is 17.7 Å². The van der Waals surface area contributed by atoms with Crippen LogP contribution in [0, 0.1) is 5.41 Å². The van der Waals surface area contributed by atoms with Gasteiger partial charge in [0.15, 0.2) is 0 Å². The molecule has 6 nitrogen and oxygen atoms in total. The smallest absolute Gasteiger partial charge is 0.141 e. The van der Waals surface area contributed by atoms with E-state index in [-0.39, 0.29) is 5.84 Å². The van der Waals surface area contributed by atoms with E-state index in [2.05, 4.69) is 9.88 Å². The Bertz CT molecular complexity index is 390. The Morgan fingerprint density at radius 1 is 1.32 bits per heavy atom. The van der Waals surface area contributed by atoms with Gasteiger partial charge in [0.2, 0.25) is 0 Å². The molecule has 1 aromatic rings. The fourth-order valence-electron chi connectivity index (χ4n) is 1.69. The highest BCUT2D eigenvalue weighted by atomic mass is 16.5. The Morgan fingerprint density at radius 2 is 1.95 bits per heavy atom. The molecule has 0 aromatic carbocycles. The number of nitrogens with zero attached hydrogens (tertiary/aromatic N) is 2. The van der Waals surface area contributed by atoms with Gasteiger partial charge in [-0.3, -0.25) is 15.3 Å². The van der Waals surface area contributed by atoms with E-state index in [4.69, 9.17) is 20.6 Å². The summed E-state index contributed by atoms with van der Waals surface area (Å²) < 4.78 is 10.2. The molecule has 6 heteroatoms. The molecule has 0 aliphatic heterocycles. The minimum absolute atomic E-state index is 0.0119. The van der Waals surface area contributed by atoms with E-state index in [1.807, 2.05) is 12.1 Å². The number of hydrogen-bond acceptors (Lipinski definition) is 5. The standard InChI is InChI=1S/C13H22N4O2/c1-18-7-5-17(6-8-19-2)10-11-3-4-16-12(9-11)13(14)15/h3-4,9H,5-8,10H2,1-2H3,(H3,14,15). The summed E-state index contributed by atoms with van der Waals surface area (Å²) in [4.78, 5) is 6.28. The Hall–Kier alpha value is -1.50. The van der Waals surface area contributed by atoms with Crippen LogP contribution >= 0.6 is 0 Å². The van der Waals surface area contributed by atoms with E-state index in [1.54, 1.807) is 20.4 Å². The van der Waals surface area contributed by atoms with Crippen LogP contribution in [0.25, 0.3) is 0 Å². The van der Waals surface area contributed by atoms with Gasteiger partial charge in [-0.15, -0.1) is 0 Å². The molecule has 1 rings (SSSR count). The molecule has 0 atom stereocenters. The molecular formula is C13H22N4O2. The molecule has 0 radical (unpaired) electrons. The maximum atomic E-state index is 7.40. The van der Waals surface area contributed by atoms with Crippen LogP contribution in [0.2, 0.25) is 0 Å². The van der Waals surface area contributed by atoms with Crippen LogP contribution in [-0.4, -0.2) is 56.2 Å². The zero-order valence-corrected chi connectivity index (χ0v) is 11.6. The molecule has 0 bridgehead atoms. The zero-order valence-electron chi connectivity index (χ0n) is 11.6. The van der Waals surface area contributed by atoms with Crippen molar-refractivity contribution in [1.82, 2.24) is 9.88 Å². The number of ether oxygens (including phenoxy) is 2. The lowest BCUT2D eigenvalue weighted by Crippen LogP contribution is -2.30. The van der Waals surface area contributed by atoms with Crippen LogP contribution in [0.3, 0.4) is 0 Å². The molecule has 0 unspecified atom stereocenters. The number of nitrogens with two attached hydrogens (primary N) is 1. The number of nitrogen functional groups attached to an aromatic ring is 1. The Morgan fingerprint density at radius 3 is 2.47 bits per heavy atom. The third-order valence-electron chi connectivity index (χ3n) is 2.73. The van der Waals surface area contributed by atoms with Crippen LogP contribution < -0.4 is 5.73 Å². The second-order valence-corrected chi connectivity index (χ2v) is 4.22. The summed E-state index contributed by atoms with van der Waals surface area (Å²) in [6, 6.07) is 3.77. The van der Waals surface area contributed by atoms with Crippen molar-refractivity contribution in [1.29, 1.82) is 5.41 Å². The summed E-state index contributed by atoms with van der Waals surface area (Å²) in [5.41, 5.74) is 7.03. The van der Waals surface area contributed by atoms with E-state index in [1.165, 1.54) is 0 Å². The number of pyridine rings is 1. The van der Waals surface area contributed by atoms with E-state index in [9.17, 15) is 0 Å². The Labute approximate surface area is 114 Å². The highest BCUT2D eigenvalue weighted by Crippen LogP contribution is 2.06. The van der Waals surface area contributed by atoms with Crippen molar-refractivity contribution in [2.75, 3.05) is 40.5 Å². The van der Waals surface area contributed by atoms with Gasteiger partial charge < -0.3 is 15.2 Å². The first kappa shape index (κ1) is 15.6. The molecule has 0 aliphatic rings. The maximum absolute atomic E-state index is 7.40. The van der Waals surface area contributed by atoms with Gasteiger partial charge in [0.05, 0.1) is 13.2 Å². The fraction of sp³-hybridized carbons (Fsp3) is 0.538. The predicted octanol–water partition coefficient (Wildman–Crippen LogP) is 0.460. The van der Waals surface area contributed by atoms with Crippen LogP contribution in [0.1, 0.15) is 11.3 Å². The second kappa shape index (κ2) is 8.58. The van der Waals surface area contributed by atoms with Gasteiger partial charge in [0, 0.05) is 40.1 Å². The number of rotatable bonds is 9. The van der Waals surface area contributed by atoms with E-state index in [0.29, 0.717) is 18.9 Å². The summed E-state index contributed by atoms with van der Waals surface area (Å²) in [6.45, 7) is 3.77. The second-order valence-electron chi connectivity index (χ2n) is 4.22. The molecule has 1 heterocycles. The monoisotopic (exact) mass is 266 g/mol. The number of amidine groups is 1. The minimum Gasteiger partial charge on any atom is -0.383 e. The third kappa shape index (κ3) is 5.78. The summed E-state index contributed by atoms with van der Waals surface area (Å²) in [6.07, 6.45) is 1.68. The molecular weight excluding hydrogens is 244 g/mol. The average Bonchev–Trinajstić information content (AvgIpc) is 2.42. The lowest BCUT2D eigenvalue weighted by atomic mass is 10.2. The minimum atomic E-state index is -0.0119. The van der Waals surface area contributed by atoms with E-state index >= 15 is 0 Å². The van der Waals surface area contributed by atoms with Crippen molar-refractivity contribution in [3.8, 4) is 0 Å². The van der Waals surface area contributed by atoms with Crippen LogP contribution in [0.5, 0.6) is 0 Å². The topological polar surface area (TPSA) is 84.5 Å². The van der Waals surface area contributed by atoms with Crippen molar-refractivity contribution >= 4 is 5.84 Å². The molecule has 106 valence electrons.